The second-order valence-electron chi connectivity index (χ2n) is 10.8. The summed E-state index contributed by atoms with van der Waals surface area (Å²) in [7, 11) is 0. The lowest BCUT2D eigenvalue weighted by Gasteiger charge is -2.20. The predicted octanol–water partition coefficient (Wildman–Crippen LogP) is 4.68. The highest BCUT2D eigenvalue weighted by Gasteiger charge is 2.20. The summed E-state index contributed by atoms with van der Waals surface area (Å²) in [5, 5.41) is 13.3. The van der Waals surface area contributed by atoms with E-state index in [4.69, 9.17) is 0 Å². The number of hydrogen-bond acceptors (Lipinski definition) is 4. The van der Waals surface area contributed by atoms with Crippen LogP contribution in [0.4, 0.5) is 0 Å². The fraction of sp³-hybridized carbons (Fsp3) is 0.412. The maximum absolute atomic E-state index is 13.1. The largest absolute Gasteiger partial charge is 0.355 e. The average Bonchev–Trinajstić information content (AvgIpc) is 2.99. The molecule has 0 radical (unpaired) electrons. The molecule has 0 saturated heterocycles. The Balaban J connectivity index is 1.42. The van der Waals surface area contributed by atoms with Crippen molar-refractivity contribution < 1.29 is 9.59 Å². The van der Waals surface area contributed by atoms with E-state index in [9.17, 15) is 9.59 Å². The Kier molecular flexibility index (Phi) is 12.2. The van der Waals surface area contributed by atoms with Gasteiger partial charge in [0.05, 0.1) is 12.1 Å². The van der Waals surface area contributed by atoms with Crippen LogP contribution < -0.4 is 21.3 Å². The van der Waals surface area contributed by atoms with Crippen LogP contribution in [0.15, 0.2) is 84.9 Å². The highest BCUT2D eigenvalue weighted by atomic mass is 16.2. The number of amides is 2. The summed E-state index contributed by atoms with van der Waals surface area (Å²) in [4.78, 5) is 26.2. The van der Waals surface area contributed by atoms with E-state index in [1.165, 1.54) is 0 Å². The van der Waals surface area contributed by atoms with Crippen molar-refractivity contribution in [3.8, 4) is 0 Å². The fourth-order valence-corrected chi connectivity index (χ4v) is 5.10. The van der Waals surface area contributed by atoms with Crippen LogP contribution in [0.25, 0.3) is 0 Å². The Morgan fingerprint density at radius 2 is 0.875 bits per heavy atom. The van der Waals surface area contributed by atoms with E-state index in [2.05, 4.69) is 69.8 Å². The first kappa shape index (κ1) is 29.5. The van der Waals surface area contributed by atoms with Gasteiger partial charge in [0.2, 0.25) is 11.8 Å². The molecule has 2 amide bonds. The second-order valence-corrected chi connectivity index (χ2v) is 10.8. The molecule has 4 N–H and O–H groups in total. The molecule has 2 atom stereocenters. The molecule has 2 heterocycles. The summed E-state index contributed by atoms with van der Waals surface area (Å²) >= 11 is 0. The van der Waals surface area contributed by atoms with Crippen molar-refractivity contribution in [3.63, 3.8) is 0 Å². The summed E-state index contributed by atoms with van der Waals surface area (Å²) in [5.74, 6) is 0.124. The van der Waals surface area contributed by atoms with Crippen LogP contribution in [0.5, 0.6) is 0 Å². The van der Waals surface area contributed by atoms with Gasteiger partial charge in [-0.05, 0) is 47.9 Å². The normalized spacial score (nSPS) is 20.5. The van der Waals surface area contributed by atoms with Crippen LogP contribution in [0.2, 0.25) is 0 Å². The molecule has 6 heteroatoms. The molecule has 0 aliphatic carbocycles. The van der Waals surface area contributed by atoms with Gasteiger partial charge in [-0.15, -0.1) is 0 Å². The number of benzene rings is 3. The summed E-state index contributed by atoms with van der Waals surface area (Å²) < 4.78 is 0. The number of carbonyl (C=O) groups is 2. The first-order chi connectivity index (χ1) is 19.7. The average molecular weight is 541 g/mol. The number of fused-ring (bicyclic) bond motifs is 19. The van der Waals surface area contributed by atoms with E-state index in [-0.39, 0.29) is 23.9 Å². The van der Waals surface area contributed by atoms with E-state index in [0.29, 0.717) is 39.0 Å². The van der Waals surface area contributed by atoms with Gasteiger partial charge in [-0.3, -0.25) is 9.59 Å². The highest BCUT2D eigenvalue weighted by molar-refractivity contribution is 5.82. The molecule has 3 aromatic carbocycles. The zero-order valence-electron chi connectivity index (χ0n) is 23.5. The Morgan fingerprint density at radius 3 is 1.27 bits per heavy atom. The number of nitrogens with one attached hydrogen (secondary N) is 4. The number of rotatable bonds is 4. The summed E-state index contributed by atoms with van der Waals surface area (Å²) in [5.41, 5.74) is 4.53. The van der Waals surface area contributed by atoms with Gasteiger partial charge in [0.15, 0.2) is 0 Å². The highest BCUT2D eigenvalue weighted by Crippen LogP contribution is 2.10. The zero-order valence-corrected chi connectivity index (χ0v) is 23.5. The topological polar surface area (TPSA) is 82.3 Å². The van der Waals surface area contributed by atoms with E-state index in [0.717, 1.165) is 60.8 Å². The van der Waals surface area contributed by atoms with Gasteiger partial charge in [0.25, 0.3) is 0 Å². The SMILES string of the molecule is O=C1NCCCCCCCCNC(=O)[C@H](Cc2ccccc2)NCc2ccc(cc2)CN[C@H]1Cc1ccccc1. The summed E-state index contributed by atoms with van der Waals surface area (Å²) in [6.07, 6.45) is 7.74. The standard InChI is InChI=1S/C34H44N4O2/c39-33-31(23-27-13-7-5-8-14-27)37-25-29-17-19-30(20-18-29)26-38-32(24-28-15-9-6-10-16-28)34(40)36-22-12-4-2-1-3-11-21-35-33/h5-10,13-20,31-32,37-38H,1-4,11-12,21-26H2,(H,35,39)(H,36,40)/t31-,32-/m0/s1. The van der Waals surface area contributed by atoms with E-state index in [1.807, 2.05) is 36.4 Å². The molecule has 0 fully saturated rings. The van der Waals surface area contributed by atoms with E-state index < -0.39 is 0 Å². The Bertz CT molecular complexity index is 1060. The van der Waals surface area contributed by atoms with Gasteiger partial charge in [0.1, 0.15) is 0 Å². The first-order valence-electron chi connectivity index (χ1n) is 14.9. The minimum absolute atomic E-state index is 0.0621. The van der Waals surface area contributed by atoms with E-state index in [1.54, 1.807) is 0 Å². The first-order valence-corrected chi connectivity index (χ1v) is 14.9. The van der Waals surface area contributed by atoms with Gasteiger partial charge in [-0.1, -0.05) is 111 Å². The predicted molar refractivity (Wildman–Crippen MR) is 162 cm³/mol. The molecule has 212 valence electrons. The Hall–Kier alpha value is -3.48. The Labute approximate surface area is 239 Å². The van der Waals surface area contributed by atoms with Crippen LogP contribution >= 0.6 is 0 Å². The molecule has 40 heavy (non-hydrogen) atoms. The lowest BCUT2D eigenvalue weighted by Crippen LogP contribution is -2.45. The van der Waals surface area contributed by atoms with Crippen LogP contribution in [-0.4, -0.2) is 37.0 Å². The fourth-order valence-electron chi connectivity index (χ4n) is 5.10. The van der Waals surface area contributed by atoms with Crippen molar-refractivity contribution in [2.45, 2.75) is 76.5 Å². The molecule has 3 aromatic rings. The van der Waals surface area contributed by atoms with Crippen molar-refractivity contribution in [2.24, 2.45) is 0 Å². The molecule has 0 unspecified atom stereocenters. The molecule has 0 aromatic heterocycles. The summed E-state index contributed by atoms with van der Waals surface area (Å²) in [6.45, 7) is 2.62. The van der Waals surface area contributed by atoms with Crippen LogP contribution in [0.3, 0.4) is 0 Å². The maximum atomic E-state index is 13.1. The molecule has 2 bridgehead atoms. The molecule has 2 aliphatic heterocycles. The monoisotopic (exact) mass is 540 g/mol. The van der Waals surface area contributed by atoms with Crippen LogP contribution in [0.1, 0.15) is 60.8 Å². The molecule has 6 nitrogen and oxygen atoms in total. The lowest BCUT2D eigenvalue weighted by molar-refractivity contribution is -0.124. The quantitative estimate of drug-likeness (QED) is 0.388. The van der Waals surface area contributed by atoms with E-state index >= 15 is 0 Å². The minimum Gasteiger partial charge on any atom is -0.355 e. The molecule has 2 aliphatic rings. The van der Waals surface area contributed by atoms with Gasteiger partial charge >= 0.3 is 0 Å². The Morgan fingerprint density at radius 1 is 0.500 bits per heavy atom. The molecule has 5 rings (SSSR count). The smallest absolute Gasteiger partial charge is 0.237 e. The van der Waals surface area contributed by atoms with Gasteiger partial charge in [-0.25, -0.2) is 0 Å². The van der Waals surface area contributed by atoms with Crippen molar-refractivity contribution in [1.82, 2.24) is 21.3 Å². The van der Waals surface area contributed by atoms with Gasteiger partial charge in [-0.2, -0.15) is 0 Å². The summed E-state index contributed by atoms with van der Waals surface area (Å²) in [6, 6.07) is 28.2. The zero-order chi connectivity index (χ0) is 27.8. The molecule has 0 spiro atoms. The van der Waals surface area contributed by atoms with Crippen molar-refractivity contribution >= 4 is 11.8 Å². The molecular formula is C34H44N4O2. The molecule has 0 saturated carbocycles. The van der Waals surface area contributed by atoms with Crippen LogP contribution in [0, 0.1) is 0 Å². The van der Waals surface area contributed by atoms with Crippen molar-refractivity contribution in [3.05, 3.63) is 107 Å². The van der Waals surface area contributed by atoms with Crippen molar-refractivity contribution in [2.75, 3.05) is 13.1 Å². The third-order valence-corrected chi connectivity index (χ3v) is 7.53. The van der Waals surface area contributed by atoms with Crippen LogP contribution in [-0.2, 0) is 35.5 Å². The second kappa shape index (κ2) is 16.6. The molecular weight excluding hydrogens is 496 g/mol. The number of carbonyl (C=O) groups excluding carboxylic acids is 2. The lowest BCUT2D eigenvalue weighted by atomic mass is 10.0. The maximum Gasteiger partial charge on any atom is 0.237 e. The van der Waals surface area contributed by atoms with Gasteiger partial charge < -0.3 is 21.3 Å². The third kappa shape index (κ3) is 10.2. The minimum atomic E-state index is -0.293. The third-order valence-electron chi connectivity index (χ3n) is 7.53. The van der Waals surface area contributed by atoms with Crippen molar-refractivity contribution in [1.29, 1.82) is 0 Å². The number of hydrogen-bond donors (Lipinski definition) is 4. The van der Waals surface area contributed by atoms with Gasteiger partial charge in [0, 0.05) is 26.2 Å².